The van der Waals surface area contributed by atoms with Gasteiger partial charge >= 0.3 is 0 Å². The van der Waals surface area contributed by atoms with Gasteiger partial charge in [0.15, 0.2) is 0 Å². The van der Waals surface area contributed by atoms with Crippen LogP contribution in [0.2, 0.25) is 0 Å². The molecule has 1 fully saturated rings. The van der Waals surface area contributed by atoms with Gasteiger partial charge in [-0.15, -0.1) is 0 Å². The van der Waals surface area contributed by atoms with E-state index in [2.05, 4.69) is 0 Å². The summed E-state index contributed by atoms with van der Waals surface area (Å²) < 4.78 is 0. The number of carbonyl (C=O) groups is 3. The number of imide groups is 1. The zero-order chi connectivity index (χ0) is 10.6. The Hall–Kier alpha value is -1.69. The summed E-state index contributed by atoms with van der Waals surface area (Å²) in [5.41, 5.74) is 0. The van der Waals surface area contributed by atoms with Gasteiger partial charge in [-0.05, 0) is 0 Å². The Morgan fingerprint density at radius 1 is 1.36 bits per heavy atom. The van der Waals surface area contributed by atoms with Crippen LogP contribution in [0.5, 0.6) is 0 Å². The molecule has 1 heterocycles. The van der Waals surface area contributed by atoms with Gasteiger partial charge in [0.25, 0.3) is 11.8 Å². The van der Waals surface area contributed by atoms with Crippen LogP contribution in [0.3, 0.4) is 0 Å². The number of rotatable bonds is 2. The number of amides is 3. The molecule has 1 N–H and O–H groups in total. The molecule has 0 spiro atoms. The lowest BCUT2D eigenvalue weighted by Gasteiger charge is -2.28. The van der Waals surface area contributed by atoms with Crippen LogP contribution in [0.25, 0.3) is 0 Å². The minimum absolute atomic E-state index is 0.407. The second-order valence-corrected chi connectivity index (χ2v) is 2.65. The van der Waals surface area contributed by atoms with Crippen molar-refractivity contribution in [1.82, 2.24) is 10.4 Å². The van der Waals surface area contributed by atoms with E-state index in [1.165, 1.54) is 6.92 Å². The quantitative estimate of drug-likeness (QED) is 0.576. The highest BCUT2D eigenvalue weighted by atomic mass is 16.7. The Balaban J connectivity index is 2.34. The SMILES string of the molecule is CC(=O)NC(=O)/C=C/C(=O)N1CCO1. The molecule has 1 aliphatic rings. The summed E-state index contributed by atoms with van der Waals surface area (Å²) in [6, 6.07) is 0. The van der Waals surface area contributed by atoms with E-state index >= 15 is 0 Å². The standard InChI is InChI=1S/C8H10N2O4/c1-6(11)9-7(12)2-3-8(13)10-4-5-14-10/h2-3H,4-5H2,1H3,(H,9,11,12)/b3-2+. The molecule has 3 amide bonds. The van der Waals surface area contributed by atoms with Crippen LogP contribution in [-0.4, -0.2) is 35.9 Å². The fourth-order valence-electron chi connectivity index (χ4n) is 0.802. The highest BCUT2D eigenvalue weighted by Crippen LogP contribution is 2.02. The molecule has 14 heavy (non-hydrogen) atoms. The van der Waals surface area contributed by atoms with Gasteiger partial charge in [-0.2, -0.15) is 0 Å². The third-order valence-electron chi connectivity index (χ3n) is 1.46. The van der Waals surface area contributed by atoms with Gasteiger partial charge in [0.05, 0.1) is 13.2 Å². The van der Waals surface area contributed by atoms with Crippen molar-refractivity contribution in [3.8, 4) is 0 Å². The summed E-state index contributed by atoms with van der Waals surface area (Å²) in [5, 5.41) is 3.12. The summed E-state index contributed by atoms with van der Waals surface area (Å²) in [4.78, 5) is 37.1. The molecule has 0 atom stereocenters. The molecule has 0 bridgehead atoms. The van der Waals surface area contributed by atoms with E-state index in [1.807, 2.05) is 5.32 Å². The third kappa shape index (κ3) is 2.98. The van der Waals surface area contributed by atoms with Crippen molar-refractivity contribution in [3.05, 3.63) is 12.2 Å². The van der Waals surface area contributed by atoms with Crippen molar-refractivity contribution >= 4 is 17.7 Å². The fraction of sp³-hybridized carbons (Fsp3) is 0.375. The highest BCUT2D eigenvalue weighted by Gasteiger charge is 2.19. The third-order valence-corrected chi connectivity index (χ3v) is 1.46. The molecule has 0 unspecified atom stereocenters. The van der Waals surface area contributed by atoms with Crippen LogP contribution in [0.4, 0.5) is 0 Å². The van der Waals surface area contributed by atoms with E-state index in [4.69, 9.17) is 4.84 Å². The maximum Gasteiger partial charge on any atom is 0.270 e. The maximum atomic E-state index is 11.1. The molecule has 0 aromatic rings. The number of nitrogens with zero attached hydrogens (tertiary/aromatic N) is 1. The van der Waals surface area contributed by atoms with Crippen LogP contribution in [-0.2, 0) is 19.2 Å². The Kier molecular flexibility index (Phi) is 3.35. The number of nitrogens with one attached hydrogen (secondary N) is 1. The number of carbonyl (C=O) groups excluding carboxylic acids is 3. The summed E-state index contributed by atoms with van der Waals surface area (Å²) >= 11 is 0. The topological polar surface area (TPSA) is 75.7 Å². The predicted octanol–water partition coefficient (Wildman–Crippen LogP) is -1.02. The van der Waals surface area contributed by atoms with Crippen molar-refractivity contribution in [3.63, 3.8) is 0 Å². The first-order chi connectivity index (χ1) is 6.59. The zero-order valence-electron chi connectivity index (χ0n) is 7.65. The summed E-state index contributed by atoms with van der Waals surface area (Å²) in [6.45, 7) is 2.25. The lowest BCUT2D eigenvalue weighted by molar-refractivity contribution is -0.234. The number of hydrogen-bond acceptors (Lipinski definition) is 4. The van der Waals surface area contributed by atoms with Crippen molar-refractivity contribution in [2.45, 2.75) is 6.92 Å². The van der Waals surface area contributed by atoms with Gasteiger partial charge in [0.2, 0.25) is 5.91 Å². The zero-order valence-corrected chi connectivity index (χ0v) is 7.65. The molecule has 0 aromatic carbocycles. The van der Waals surface area contributed by atoms with Crippen LogP contribution in [0, 0.1) is 0 Å². The Morgan fingerprint density at radius 3 is 2.43 bits per heavy atom. The van der Waals surface area contributed by atoms with Crippen molar-refractivity contribution in [2.75, 3.05) is 13.2 Å². The first-order valence-electron chi connectivity index (χ1n) is 4.03. The molecule has 0 saturated carbocycles. The Morgan fingerprint density at radius 2 is 2.00 bits per heavy atom. The Labute approximate surface area is 80.5 Å². The molecule has 1 saturated heterocycles. The molecule has 0 radical (unpaired) electrons. The molecule has 1 rings (SSSR count). The monoisotopic (exact) mass is 198 g/mol. The molecule has 0 aliphatic carbocycles. The maximum absolute atomic E-state index is 11.1. The average Bonchev–Trinajstić information content (AvgIpc) is 1.96. The highest BCUT2D eigenvalue weighted by molar-refractivity contribution is 6.03. The van der Waals surface area contributed by atoms with E-state index in [0.29, 0.717) is 13.2 Å². The minimum Gasteiger partial charge on any atom is -0.293 e. The molecule has 76 valence electrons. The average molecular weight is 198 g/mol. The minimum atomic E-state index is -0.619. The molecule has 6 heteroatoms. The van der Waals surface area contributed by atoms with E-state index in [0.717, 1.165) is 17.2 Å². The predicted molar refractivity (Wildman–Crippen MR) is 45.6 cm³/mol. The lowest BCUT2D eigenvalue weighted by Crippen LogP contribution is -2.43. The van der Waals surface area contributed by atoms with Crippen molar-refractivity contribution in [1.29, 1.82) is 0 Å². The normalized spacial score (nSPS) is 15.1. The second kappa shape index (κ2) is 4.52. The van der Waals surface area contributed by atoms with Gasteiger partial charge < -0.3 is 0 Å². The van der Waals surface area contributed by atoms with Gasteiger partial charge in [-0.1, -0.05) is 0 Å². The molecule has 6 nitrogen and oxygen atoms in total. The number of hydrogen-bond donors (Lipinski definition) is 1. The van der Waals surface area contributed by atoms with Gasteiger partial charge in [-0.3, -0.25) is 24.5 Å². The molecule has 0 aromatic heterocycles. The van der Waals surface area contributed by atoms with Gasteiger partial charge in [-0.25, -0.2) is 5.06 Å². The summed E-state index contributed by atoms with van der Waals surface area (Å²) in [5.74, 6) is -1.49. The van der Waals surface area contributed by atoms with E-state index < -0.39 is 17.7 Å². The second-order valence-electron chi connectivity index (χ2n) is 2.65. The summed E-state index contributed by atoms with van der Waals surface area (Å²) in [6.07, 6.45) is 2.04. The Bertz CT molecular complexity index is 294. The molecular weight excluding hydrogens is 188 g/mol. The molecular formula is C8H10N2O4. The van der Waals surface area contributed by atoms with Crippen LogP contribution >= 0.6 is 0 Å². The fourth-order valence-corrected chi connectivity index (χ4v) is 0.802. The van der Waals surface area contributed by atoms with Crippen LogP contribution in [0.15, 0.2) is 12.2 Å². The lowest BCUT2D eigenvalue weighted by atomic mass is 10.4. The molecule has 1 aliphatic heterocycles. The largest absolute Gasteiger partial charge is 0.293 e. The number of hydroxylamine groups is 2. The van der Waals surface area contributed by atoms with Gasteiger partial charge in [0, 0.05) is 19.1 Å². The first kappa shape index (κ1) is 10.4. The van der Waals surface area contributed by atoms with Gasteiger partial charge in [0.1, 0.15) is 0 Å². The van der Waals surface area contributed by atoms with Crippen LogP contribution < -0.4 is 5.32 Å². The van der Waals surface area contributed by atoms with E-state index in [-0.39, 0.29) is 0 Å². The first-order valence-corrected chi connectivity index (χ1v) is 4.03. The summed E-state index contributed by atoms with van der Waals surface area (Å²) in [7, 11) is 0. The van der Waals surface area contributed by atoms with Crippen molar-refractivity contribution in [2.24, 2.45) is 0 Å². The van der Waals surface area contributed by atoms with Crippen molar-refractivity contribution < 1.29 is 19.2 Å². The van der Waals surface area contributed by atoms with E-state index in [1.54, 1.807) is 0 Å². The van der Waals surface area contributed by atoms with E-state index in [9.17, 15) is 14.4 Å². The smallest absolute Gasteiger partial charge is 0.270 e. The van der Waals surface area contributed by atoms with Crippen LogP contribution in [0.1, 0.15) is 6.92 Å².